The molecule has 0 bridgehead atoms. The molecular formula is C15H13N3O3S. The summed E-state index contributed by atoms with van der Waals surface area (Å²) in [5, 5.41) is 13.7. The van der Waals surface area contributed by atoms with E-state index in [0.29, 0.717) is 18.7 Å². The lowest BCUT2D eigenvalue weighted by Crippen LogP contribution is -2.26. The highest BCUT2D eigenvalue weighted by Crippen LogP contribution is 2.31. The Morgan fingerprint density at radius 3 is 3.00 bits per heavy atom. The standard InChI is InChI=1S/C15H13N3O3S/c1-10-16-12(9-22-10)3-5-15(19)17-7-6-11-2-4-13(18(20)21)8-14(11)17/h2-5,8-9H,6-7H2,1H3/b5-3+. The summed E-state index contributed by atoms with van der Waals surface area (Å²) in [5.74, 6) is -0.190. The Balaban J connectivity index is 1.82. The van der Waals surface area contributed by atoms with Crippen molar-refractivity contribution in [2.24, 2.45) is 0 Å². The number of non-ortho nitro benzene ring substituents is 1. The van der Waals surface area contributed by atoms with Crippen molar-refractivity contribution >= 4 is 34.7 Å². The van der Waals surface area contributed by atoms with Crippen molar-refractivity contribution in [1.29, 1.82) is 0 Å². The number of carbonyl (C=O) groups is 1. The first-order valence-corrected chi connectivity index (χ1v) is 7.61. The number of benzene rings is 1. The van der Waals surface area contributed by atoms with E-state index in [4.69, 9.17) is 0 Å². The molecule has 112 valence electrons. The van der Waals surface area contributed by atoms with Gasteiger partial charge in [-0.25, -0.2) is 4.98 Å². The van der Waals surface area contributed by atoms with E-state index in [1.807, 2.05) is 12.3 Å². The van der Waals surface area contributed by atoms with Gasteiger partial charge in [-0.05, 0) is 25.0 Å². The number of aryl methyl sites for hydroxylation is 1. The molecule has 3 rings (SSSR count). The molecule has 0 aliphatic carbocycles. The Morgan fingerprint density at radius 1 is 1.50 bits per heavy atom. The number of hydrogen-bond donors (Lipinski definition) is 0. The van der Waals surface area contributed by atoms with Crippen LogP contribution in [0, 0.1) is 17.0 Å². The first-order chi connectivity index (χ1) is 10.5. The molecule has 0 radical (unpaired) electrons. The largest absolute Gasteiger partial charge is 0.308 e. The van der Waals surface area contributed by atoms with Gasteiger partial charge in [-0.15, -0.1) is 11.3 Å². The van der Waals surface area contributed by atoms with Crippen molar-refractivity contribution in [2.45, 2.75) is 13.3 Å². The van der Waals surface area contributed by atoms with Crippen molar-refractivity contribution < 1.29 is 9.72 Å². The van der Waals surface area contributed by atoms with Gasteiger partial charge in [0.15, 0.2) is 0 Å². The molecule has 0 saturated carbocycles. The number of hydrogen-bond acceptors (Lipinski definition) is 5. The highest BCUT2D eigenvalue weighted by atomic mass is 32.1. The third-order valence-electron chi connectivity index (χ3n) is 3.47. The topological polar surface area (TPSA) is 76.3 Å². The summed E-state index contributed by atoms with van der Waals surface area (Å²) in [6.45, 7) is 2.44. The normalized spacial score (nSPS) is 13.6. The Hall–Kier alpha value is -2.54. The van der Waals surface area contributed by atoms with Crippen molar-refractivity contribution in [2.75, 3.05) is 11.4 Å². The number of aromatic nitrogens is 1. The highest BCUT2D eigenvalue weighted by molar-refractivity contribution is 7.09. The van der Waals surface area contributed by atoms with E-state index in [0.717, 1.165) is 16.3 Å². The number of nitro benzene ring substituents is 1. The molecular weight excluding hydrogens is 302 g/mol. The van der Waals surface area contributed by atoms with Crippen LogP contribution in [0.15, 0.2) is 29.7 Å². The van der Waals surface area contributed by atoms with Crippen LogP contribution in [-0.2, 0) is 11.2 Å². The molecule has 0 N–H and O–H groups in total. The molecule has 0 saturated heterocycles. The first kappa shape index (κ1) is 14.4. The predicted octanol–water partition coefficient (Wildman–Crippen LogP) is 2.96. The second-order valence-electron chi connectivity index (χ2n) is 4.93. The monoisotopic (exact) mass is 315 g/mol. The maximum absolute atomic E-state index is 12.3. The van der Waals surface area contributed by atoms with Gasteiger partial charge in [-0.2, -0.15) is 0 Å². The van der Waals surface area contributed by atoms with Gasteiger partial charge in [-0.3, -0.25) is 14.9 Å². The van der Waals surface area contributed by atoms with Crippen molar-refractivity contribution in [3.63, 3.8) is 0 Å². The Morgan fingerprint density at radius 2 is 2.32 bits per heavy atom. The quantitative estimate of drug-likeness (QED) is 0.496. The van der Waals surface area contributed by atoms with Gasteiger partial charge in [0.1, 0.15) is 0 Å². The summed E-state index contributed by atoms with van der Waals surface area (Å²) < 4.78 is 0. The summed E-state index contributed by atoms with van der Waals surface area (Å²) in [6, 6.07) is 4.65. The van der Waals surface area contributed by atoms with Crippen LogP contribution in [0.2, 0.25) is 0 Å². The fraction of sp³-hybridized carbons (Fsp3) is 0.200. The Labute approximate surface area is 130 Å². The predicted molar refractivity (Wildman–Crippen MR) is 85.0 cm³/mol. The molecule has 1 aliphatic rings. The fourth-order valence-corrected chi connectivity index (χ4v) is 2.99. The van der Waals surface area contributed by atoms with Crippen LogP contribution in [0.5, 0.6) is 0 Å². The third kappa shape index (κ3) is 2.75. The fourth-order valence-electron chi connectivity index (χ4n) is 2.41. The lowest BCUT2D eigenvalue weighted by atomic mass is 10.1. The zero-order chi connectivity index (χ0) is 15.7. The molecule has 2 heterocycles. The molecule has 6 nitrogen and oxygen atoms in total. The maximum atomic E-state index is 12.3. The number of anilines is 1. The van der Waals surface area contributed by atoms with Gasteiger partial charge < -0.3 is 4.90 Å². The summed E-state index contributed by atoms with van der Waals surface area (Å²) in [6.07, 6.45) is 3.84. The average Bonchev–Trinajstić information content (AvgIpc) is 3.10. The number of nitro groups is 1. The summed E-state index contributed by atoms with van der Waals surface area (Å²) in [7, 11) is 0. The van der Waals surface area contributed by atoms with Crippen LogP contribution in [0.25, 0.3) is 6.08 Å². The number of amides is 1. The second kappa shape index (κ2) is 5.69. The summed E-state index contributed by atoms with van der Waals surface area (Å²) in [4.78, 5) is 28.6. The van der Waals surface area contributed by atoms with Gasteiger partial charge >= 0.3 is 0 Å². The first-order valence-electron chi connectivity index (χ1n) is 6.73. The van der Waals surface area contributed by atoms with E-state index in [1.54, 1.807) is 17.0 Å². The van der Waals surface area contributed by atoms with Crippen LogP contribution >= 0.6 is 11.3 Å². The van der Waals surface area contributed by atoms with E-state index in [9.17, 15) is 14.9 Å². The molecule has 1 aliphatic heterocycles. The van der Waals surface area contributed by atoms with Crippen LogP contribution in [0.1, 0.15) is 16.3 Å². The van der Waals surface area contributed by atoms with Gasteiger partial charge in [-0.1, -0.05) is 6.07 Å². The van der Waals surface area contributed by atoms with Crippen LogP contribution < -0.4 is 4.90 Å². The molecule has 0 fully saturated rings. The second-order valence-corrected chi connectivity index (χ2v) is 6.00. The zero-order valence-corrected chi connectivity index (χ0v) is 12.7. The lowest BCUT2D eigenvalue weighted by molar-refractivity contribution is -0.384. The number of fused-ring (bicyclic) bond motifs is 1. The van der Waals surface area contributed by atoms with E-state index in [-0.39, 0.29) is 11.6 Å². The molecule has 1 amide bonds. The van der Waals surface area contributed by atoms with Gasteiger partial charge in [0.2, 0.25) is 0 Å². The Kier molecular flexibility index (Phi) is 3.72. The van der Waals surface area contributed by atoms with Crippen molar-refractivity contribution in [3.05, 3.63) is 56.0 Å². The van der Waals surface area contributed by atoms with E-state index >= 15 is 0 Å². The molecule has 0 unspecified atom stereocenters. The minimum absolute atomic E-state index is 0.00226. The molecule has 0 spiro atoms. The van der Waals surface area contributed by atoms with Gasteiger partial charge in [0.05, 0.1) is 21.3 Å². The number of nitrogens with zero attached hydrogens (tertiary/aromatic N) is 3. The summed E-state index contributed by atoms with van der Waals surface area (Å²) >= 11 is 1.52. The van der Waals surface area contributed by atoms with Crippen LogP contribution in [0.4, 0.5) is 11.4 Å². The van der Waals surface area contributed by atoms with Crippen molar-refractivity contribution in [3.8, 4) is 0 Å². The highest BCUT2D eigenvalue weighted by Gasteiger charge is 2.25. The van der Waals surface area contributed by atoms with Crippen LogP contribution in [-0.4, -0.2) is 22.4 Å². The maximum Gasteiger partial charge on any atom is 0.271 e. The SMILES string of the molecule is Cc1nc(/C=C/C(=O)N2CCc3ccc([N+](=O)[O-])cc32)cs1. The summed E-state index contributed by atoms with van der Waals surface area (Å²) in [5.41, 5.74) is 2.32. The molecule has 22 heavy (non-hydrogen) atoms. The third-order valence-corrected chi connectivity index (χ3v) is 4.27. The minimum Gasteiger partial charge on any atom is -0.308 e. The van der Waals surface area contributed by atoms with E-state index < -0.39 is 4.92 Å². The van der Waals surface area contributed by atoms with E-state index in [1.165, 1.54) is 29.5 Å². The smallest absolute Gasteiger partial charge is 0.271 e. The van der Waals surface area contributed by atoms with Gasteiger partial charge in [0, 0.05) is 30.1 Å². The van der Waals surface area contributed by atoms with E-state index in [2.05, 4.69) is 4.98 Å². The number of thiazole rings is 1. The minimum atomic E-state index is -0.449. The number of carbonyl (C=O) groups excluding carboxylic acids is 1. The van der Waals surface area contributed by atoms with Crippen LogP contribution in [0.3, 0.4) is 0 Å². The number of rotatable bonds is 3. The molecule has 7 heteroatoms. The molecule has 1 aromatic carbocycles. The Bertz CT molecular complexity index is 782. The molecule has 0 atom stereocenters. The molecule has 2 aromatic rings. The van der Waals surface area contributed by atoms with Crippen molar-refractivity contribution in [1.82, 2.24) is 4.98 Å². The lowest BCUT2D eigenvalue weighted by Gasteiger charge is -2.14. The van der Waals surface area contributed by atoms with Gasteiger partial charge in [0.25, 0.3) is 11.6 Å². The zero-order valence-electron chi connectivity index (χ0n) is 11.9. The average molecular weight is 315 g/mol. The molecule has 1 aromatic heterocycles.